The van der Waals surface area contributed by atoms with Crippen LogP contribution < -0.4 is 5.73 Å². The molecular formula is C14H19Cl2NO. The van der Waals surface area contributed by atoms with Crippen molar-refractivity contribution in [2.75, 3.05) is 6.54 Å². The van der Waals surface area contributed by atoms with E-state index < -0.39 is 0 Å². The second kappa shape index (κ2) is 8.52. The Morgan fingerprint density at radius 2 is 1.67 bits per heavy atom. The minimum Gasteiger partial charge on any atom is -0.330 e. The van der Waals surface area contributed by atoms with Crippen molar-refractivity contribution in [1.82, 2.24) is 0 Å². The van der Waals surface area contributed by atoms with Crippen molar-refractivity contribution in [3.8, 4) is 0 Å². The maximum absolute atomic E-state index is 11.8. The molecular weight excluding hydrogens is 269 g/mol. The molecule has 0 aliphatic rings. The number of nitrogens with two attached hydrogens (primary N) is 1. The van der Waals surface area contributed by atoms with Gasteiger partial charge in [0.1, 0.15) is 5.78 Å². The number of carbonyl (C=O) groups is 1. The zero-order valence-electron chi connectivity index (χ0n) is 10.4. The summed E-state index contributed by atoms with van der Waals surface area (Å²) in [4.78, 5) is 11.8. The average molecular weight is 288 g/mol. The summed E-state index contributed by atoms with van der Waals surface area (Å²) in [6, 6.07) is 5.31. The molecule has 0 atom stereocenters. The predicted molar refractivity (Wildman–Crippen MR) is 77.3 cm³/mol. The first-order valence-electron chi connectivity index (χ1n) is 6.30. The second-order valence-electron chi connectivity index (χ2n) is 4.37. The van der Waals surface area contributed by atoms with E-state index in [0.717, 1.165) is 37.8 Å². The van der Waals surface area contributed by atoms with Gasteiger partial charge in [-0.2, -0.15) is 0 Å². The van der Waals surface area contributed by atoms with Gasteiger partial charge in [-0.3, -0.25) is 4.79 Å². The molecule has 1 rings (SSSR count). The zero-order valence-corrected chi connectivity index (χ0v) is 11.9. The molecule has 0 fully saturated rings. The van der Waals surface area contributed by atoms with E-state index in [0.29, 0.717) is 22.9 Å². The van der Waals surface area contributed by atoms with Crippen LogP contribution in [0.2, 0.25) is 10.0 Å². The minimum atomic E-state index is 0.192. The Hall–Kier alpha value is -0.570. The molecule has 18 heavy (non-hydrogen) atoms. The van der Waals surface area contributed by atoms with Crippen molar-refractivity contribution >= 4 is 29.0 Å². The van der Waals surface area contributed by atoms with Gasteiger partial charge in [-0.1, -0.05) is 42.1 Å². The summed E-state index contributed by atoms with van der Waals surface area (Å²) < 4.78 is 0. The largest absolute Gasteiger partial charge is 0.330 e. The molecule has 0 radical (unpaired) electrons. The van der Waals surface area contributed by atoms with E-state index in [2.05, 4.69) is 0 Å². The number of Topliss-reactive ketones (excluding diaryl/α,β-unsaturated/α-hetero) is 1. The van der Waals surface area contributed by atoms with Crippen LogP contribution >= 0.6 is 23.2 Å². The molecule has 2 N–H and O–H groups in total. The van der Waals surface area contributed by atoms with Crippen LogP contribution in [0.4, 0.5) is 0 Å². The van der Waals surface area contributed by atoms with Gasteiger partial charge < -0.3 is 5.73 Å². The van der Waals surface area contributed by atoms with Crippen LogP contribution in [-0.2, 0) is 11.2 Å². The fourth-order valence-corrected chi connectivity index (χ4v) is 2.34. The van der Waals surface area contributed by atoms with Crippen LogP contribution in [0.15, 0.2) is 18.2 Å². The summed E-state index contributed by atoms with van der Waals surface area (Å²) in [6.45, 7) is 0.725. The Bertz CT molecular complexity index is 373. The fraction of sp³-hybridized carbons (Fsp3) is 0.500. The number of carbonyl (C=O) groups excluding carboxylic acids is 1. The normalized spacial score (nSPS) is 10.6. The van der Waals surface area contributed by atoms with E-state index in [-0.39, 0.29) is 5.78 Å². The van der Waals surface area contributed by atoms with Gasteiger partial charge in [-0.05, 0) is 37.1 Å². The summed E-state index contributed by atoms with van der Waals surface area (Å²) >= 11 is 12.1. The first-order valence-corrected chi connectivity index (χ1v) is 7.05. The molecule has 0 heterocycles. The molecule has 1 aromatic carbocycles. The lowest BCUT2D eigenvalue weighted by atomic mass is 10.0. The zero-order chi connectivity index (χ0) is 13.4. The Morgan fingerprint density at radius 3 is 2.28 bits per heavy atom. The molecule has 0 unspecified atom stereocenters. The third-order valence-corrected chi connectivity index (χ3v) is 3.55. The third kappa shape index (κ3) is 5.38. The third-order valence-electron chi connectivity index (χ3n) is 2.85. The number of benzene rings is 1. The highest BCUT2D eigenvalue weighted by Crippen LogP contribution is 2.25. The molecule has 0 saturated heterocycles. The van der Waals surface area contributed by atoms with Crippen molar-refractivity contribution in [2.45, 2.75) is 38.5 Å². The van der Waals surface area contributed by atoms with E-state index in [1.54, 1.807) is 18.2 Å². The Labute approximate surface area is 118 Å². The van der Waals surface area contributed by atoms with Crippen LogP contribution in [-0.4, -0.2) is 12.3 Å². The highest BCUT2D eigenvalue weighted by Gasteiger charge is 2.10. The van der Waals surface area contributed by atoms with Crippen LogP contribution in [0.25, 0.3) is 0 Å². The molecule has 0 amide bonds. The second-order valence-corrected chi connectivity index (χ2v) is 5.18. The quantitative estimate of drug-likeness (QED) is 0.734. The molecule has 100 valence electrons. The van der Waals surface area contributed by atoms with E-state index in [4.69, 9.17) is 28.9 Å². The molecule has 0 aliphatic heterocycles. The summed E-state index contributed by atoms with van der Waals surface area (Å²) in [6.07, 6.45) is 5.02. The van der Waals surface area contributed by atoms with E-state index >= 15 is 0 Å². The SMILES string of the molecule is NCCCCCCC(=O)Cc1c(Cl)cccc1Cl. The summed E-state index contributed by atoms with van der Waals surface area (Å²) in [5.41, 5.74) is 6.15. The number of unbranched alkanes of at least 4 members (excludes halogenated alkanes) is 3. The molecule has 4 heteroatoms. The number of ketones is 1. The lowest BCUT2D eigenvalue weighted by molar-refractivity contribution is -0.118. The minimum absolute atomic E-state index is 0.192. The highest BCUT2D eigenvalue weighted by atomic mass is 35.5. The summed E-state index contributed by atoms with van der Waals surface area (Å²) in [7, 11) is 0. The fourth-order valence-electron chi connectivity index (χ4n) is 1.81. The first-order chi connectivity index (χ1) is 8.65. The van der Waals surface area contributed by atoms with Gasteiger partial charge in [0.2, 0.25) is 0 Å². The number of hydrogen-bond acceptors (Lipinski definition) is 2. The standard InChI is InChI=1S/C14H19Cl2NO/c15-13-7-5-8-14(16)12(13)10-11(18)6-3-1-2-4-9-17/h5,7-8H,1-4,6,9-10,17H2. The molecule has 0 aliphatic carbocycles. The monoisotopic (exact) mass is 287 g/mol. The van der Waals surface area contributed by atoms with Crippen molar-refractivity contribution < 1.29 is 4.79 Å². The average Bonchev–Trinajstić information content (AvgIpc) is 2.34. The maximum Gasteiger partial charge on any atom is 0.137 e. The van der Waals surface area contributed by atoms with E-state index in [1.165, 1.54) is 0 Å². The topological polar surface area (TPSA) is 43.1 Å². The lowest BCUT2D eigenvalue weighted by Gasteiger charge is -2.06. The molecule has 0 spiro atoms. The van der Waals surface area contributed by atoms with Crippen LogP contribution in [0.3, 0.4) is 0 Å². The maximum atomic E-state index is 11.8. The number of rotatable bonds is 8. The smallest absolute Gasteiger partial charge is 0.137 e. The number of halogens is 2. The number of hydrogen-bond donors (Lipinski definition) is 1. The van der Waals surface area contributed by atoms with Crippen molar-refractivity contribution in [1.29, 1.82) is 0 Å². The van der Waals surface area contributed by atoms with Gasteiger partial charge in [-0.25, -0.2) is 0 Å². The lowest BCUT2D eigenvalue weighted by Crippen LogP contribution is -2.04. The summed E-state index contributed by atoms with van der Waals surface area (Å²) in [5.74, 6) is 0.192. The van der Waals surface area contributed by atoms with Gasteiger partial charge >= 0.3 is 0 Å². The van der Waals surface area contributed by atoms with Crippen molar-refractivity contribution in [3.63, 3.8) is 0 Å². The van der Waals surface area contributed by atoms with Crippen LogP contribution in [0.1, 0.15) is 37.7 Å². The Kier molecular flexibility index (Phi) is 7.33. The van der Waals surface area contributed by atoms with Gasteiger partial charge in [0, 0.05) is 22.9 Å². The van der Waals surface area contributed by atoms with Crippen molar-refractivity contribution in [3.05, 3.63) is 33.8 Å². The Morgan fingerprint density at radius 1 is 1.06 bits per heavy atom. The van der Waals surface area contributed by atoms with E-state index in [9.17, 15) is 4.79 Å². The van der Waals surface area contributed by atoms with Gasteiger partial charge in [0.25, 0.3) is 0 Å². The van der Waals surface area contributed by atoms with Crippen LogP contribution in [0, 0.1) is 0 Å². The van der Waals surface area contributed by atoms with Crippen molar-refractivity contribution in [2.24, 2.45) is 5.73 Å². The molecule has 0 bridgehead atoms. The van der Waals surface area contributed by atoms with Gasteiger partial charge in [0.05, 0.1) is 0 Å². The van der Waals surface area contributed by atoms with E-state index in [1.807, 2.05) is 0 Å². The highest BCUT2D eigenvalue weighted by molar-refractivity contribution is 6.36. The molecule has 1 aromatic rings. The molecule has 0 saturated carbocycles. The van der Waals surface area contributed by atoms with Crippen LogP contribution in [0.5, 0.6) is 0 Å². The Balaban J connectivity index is 2.36. The molecule has 0 aromatic heterocycles. The first kappa shape index (κ1) is 15.5. The van der Waals surface area contributed by atoms with Gasteiger partial charge in [-0.15, -0.1) is 0 Å². The van der Waals surface area contributed by atoms with Gasteiger partial charge in [0.15, 0.2) is 0 Å². The predicted octanol–water partition coefficient (Wildman–Crippen LogP) is 4.01. The summed E-state index contributed by atoms with van der Waals surface area (Å²) in [5, 5.41) is 1.14. The molecule has 2 nitrogen and oxygen atoms in total.